The predicted molar refractivity (Wildman–Crippen MR) is 82.1 cm³/mol. The van der Waals surface area contributed by atoms with Gasteiger partial charge in [0.1, 0.15) is 0 Å². The van der Waals surface area contributed by atoms with E-state index in [0.29, 0.717) is 12.2 Å². The highest BCUT2D eigenvalue weighted by Gasteiger charge is 2.30. The standard InChI is InChI=1S/C16H19N3O3/c17-12-4-1-5-13-11(12)3-2-9-18(13)16(22)8-10-19-14(20)6-7-15(19)21/h1,4-5H,2-3,6-10,17H2. The molecule has 1 aromatic carbocycles. The molecule has 1 saturated heterocycles. The molecule has 0 radical (unpaired) electrons. The summed E-state index contributed by atoms with van der Waals surface area (Å²) >= 11 is 0. The number of nitrogens with zero attached hydrogens (tertiary/aromatic N) is 2. The highest BCUT2D eigenvalue weighted by molar-refractivity contribution is 6.02. The monoisotopic (exact) mass is 301 g/mol. The molecule has 2 heterocycles. The SMILES string of the molecule is Nc1cccc2c1CCCN2C(=O)CCN1C(=O)CCC1=O. The number of carbonyl (C=O) groups excluding carboxylic acids is 3. The first-order chi connectivity index (χ1) is 10.6. The second-order valence-corrected chi connectivity index (χ2v) is 5.68. The molecular weight excluding hydrogens is 282 g/mol. The summed E-state index contributed by atoms with van der Waals surface area (Å²) in [6.07, 6.45) is 2.42. The van der Waals surface area contributed by atoms with Crippen molar-refractivity contribution in [2.24, 2.45) is 0 Å². The van der Waals surface area contributed by atoms with Gasteiger partial charge in [0.05, 0.1) is 0 Å². The lowest BCUT2D eigenvalue weighted by molar-refractivity contribution is -0.138. The van der Waals surface area contributed by atoms with Gasteiger partial charge in [-0.1, -0.05) is 6.07 Å². The summed E-state index contributed by atoms with van der Waals surface area (Å²) in [5.74, 6) is -0.429. The van der Waals surface area contributed by atoms with Crippen molar-refractivity contribution in [2.45, 2.75) is 32.1 Å². The van der Waals surface area contributed by atoms with Crippen LogP contribution in [0.3, 0.4) is 0 Å². The Balaban J connectivity index is 1.70. The fourth-order valence-corrected chi connectivity index (χ4v) is 3.13. The molecule has 0 atom stereocenters. The maximum absolute atomic E-state index is 12.5. The molecule has 2 aliphatic heterocycles. The molecule has 0 spiro atoms. The summed E-state index contributed by atoms with van der Waals surface area (Å²) in [6.45, 7) is 0.821. The second-order valence-electron chi connectivity index (χ2n) is 5.68. The van der Waals surface area contributed by atoms with Gasteiger partial charge in [-0.05, 0) is 30.5 Å². The van der Waals surface area contributed by atoms with E-state index in [1.807, 2.05) is 18.2 Å². The van der Waals surface area contributed by atoms with E-state index in [2.05, 4.69) is 0 Å². The molecule has 116 valence electrons. The van der Waals surface area contributed by atoms with E-state index in [-0.39, 0.29) is 43.5 Å². The molecule has 1 fully saturated rings. The van der Waals surface area contributed by atoms with Crippen molar-refractivity contribution in [3.05, 3.63) is 23.8 Å². The zero-order valence-corrected chi connectivity index (χ0v) is 12.4. The summed E-state index contributed by atoms with van der Waals surface area (Å²) in [7, 11) is 0. The van der Waals surface area contributed by atoms with Crippen LogP contribution in [0, 0.1) is 0 Å². The average molecular weight is 301 g/mol. The third-order valence-electron chi connectivity index (χ3n) is 4.29. The fraction of sp³-hybridized carbons (Fsp3) is 0.438. The first kappa shape index (κ1) is 14.6. The minimum absolute atomic E-state index is 0.0703. The van der Waals surface area contributed by atoms with Gasteiger partial charge in [0.15, 0.2) is 0 Å². The van der Waals surface area contributed by atoms with Gasteiger partial charge in [0, 0.05) is 43.7 Å². The number of fused-ring (bicyclic) bond motifs is 1. The van der Waals surface area contributed by atoms with E-state index in [4.69, 9.17) is 5.73 Å². The Morgan fingerprint density at radius 1 is 1.14 bits per heavy atom. The number of amides is 3. The van der Waals surface area contributed by atoms with Crippen LogP contribution >= 0.6 is 0 Å². The van der Waals surface area contributed by atoms with Gasteiger partial charge in [-0.3, -0.25) is 19.3 Å². The average Bonchev–Trinajstić information content (AvgIpc) is 2.83. The first-order valence-electron chi connectivity index (χ1n) is 7.59. The van der Waals surface area contributed by atoms with Gasteiger partial charge >= 0.3 is 0 Å². The van der Waals surface area contributed by atoms with Crippen LogP contribution in [0.15, 0.2) is 18.2 Å². The van der Waals surface area contributed by atoms with Crippen molar-refractivity contribution < 1.29 is 14.4 Å². The number of rotatable bonds is 3. The molecule has 0 bridgehead atoms. The molecule has 22 heavy (non-hydrogen) atoms. The zero-order chi connectivity index (χ0) is 15.7. The molecule has 2 aliphatic rings. The summed E-state index contributed by atoms with van der Waals surface area (Å²) in [5, 5.41) is 0. The maximum Gasteiger partial charge on any atom is 0.229 e. The number of imide groups is 1. The minimum Gasteiger partial charge on any atom is -0.398 e. The van der Waals surface area contributed by atoms with Crippen LogP contribution in [-0.4, -0.2) is 35.7 Å². The molecule has 3 amide bonds. The highest BCUT2D eigenvalue weighted by atomic mass is 16.2. The second kappa shape index (κ2) is 5.79. The Labute approximate surface area is 128 Å². The largest absolute Gasteiger partial charge is 0.398 e. The third kappa shape index (κ3) is 2.56. The molecule has 3 rings (SSSR count). The van der Waals surface area contributed by atoms with Gasteiger partial charge in [-0.25, -0.2) is 0 Å². The Kier molecular flexibility index (Phi) is 3.83. The van der Waals surface area contributed by atoms with Crippen LogP contribution in [0.25, 0.3) is 0 Å². The Morgan fingerprint density at radius 3 is 2.59 bits per heavy atom. The van der Waals surface area contributed by atoms with Gasteiger partial charge in [-0.2, -0.15) is 0 Å². The van der Waals surface area contributed by atoms with E-state index in [9.17, 15) is 14.4 Å². The summed E-state index contributed by atoms with van der Waals surface area (Å²) in [5.41, 5.74) is 8.55. The normalized spacial score (nSPS) is 17.8. The fourth-order valence-electron chi connectivity index (χ4n) is 3.13. The molecule has 1 aromatic rings. The van der Waals surface area contributed by atoms with Crippen LogP contribution in [0.5, 0.6) is 0 Å². The van der Waals surface area contributed by atoms with E-state index < -0.39 is 0 Å². The maximum atomic E-state index is 12.5. The minimum atomic E-state index is -0.180. The van der Waals surface area contributed by atoms with Gasteiger partial charge in [0.25, 0.3) is 0 Å². The number of nitrogen functional groups attached to an aromatic ring is 1. The topological polar surface area (TPSA) is 83.7 Å². The number of hydrogen-bond donors (Lipinski definition) is 1. The molecule has 6 nitrogen and oxygen atoms in total. The van der Waals surface area contributed by atoms with Crippen LogP contribution < -0.4 is 10.6 Å². The molecule has 0 aromatic heterocycles. The first-order valence-corrected chi connectivity index (χ1v) is 7.59. The number of benzene rings is 1. The van der Waals surface area contributed by atoms with Crippen molar-refractivity contribution in [3.63, 3.8) is 0 Å². The molecule has 0 saturated carbocycles. The quantitative estimate of drug-likeness (QED) is 0.669. The van der Waals surface area contributed by atoms with Gasteiger partial charge in [-0.15, -0.1) is 0 Å². The molecule has 0 aliphatic carbocycles. The summed E-state index contributed by atoms with van der Waals surface area (Å²) in [4.78, 5) is 38.6. The predicted octanol–water partition coefficient (Wildman–Crippen LogP) is 1.09. The van der Waals surface area contributed by atoms with Gasteiger partial charge < -0.3 is 10.6 Å². The van der Waals surface area contributed by atoms with Crippen molar-refractivity contribution in [3.8, 4) is 0 Å². The number of hydrogen-bond acceptors (Lipinski definition) is 4. The number of nitrogens with two attached hydrogens (primary N) is 1. The van der Waals surface area contributed by atoms with Crippen molar-refractivity contribution in [1.29, 1.82) is 0 Å². The van der Waals surface area contributed by atoms with Crippen molar-refractivity contribution >= 4 is 29.1 Å². The Bertz CT molecular complexity index is 626. The van der Waals surface area contributed by atoms with Crippen LogP contribution in [0.1, 0.15) is 31.2 Å². The van der Waals surface area contributed by atoms with E-state index >= 15 is 0 Å². The third-order valence-corrected chi connectivity index (χ3v) is 4.29. The summed E-state index contributed by atoms with van der Waals surface area (Å²) in [6, 6.07) is 5.58. The van der Waals surface area contributed by atoms with Crippen LogP contribution in [-0.2, 0) is 20.8 Å². The van der Waals surface area contributed by atoms with E-state index in [1.54, 1.807) is 4.90 Å². The Hall–Kier alpha value is -2.37. The van der Waals surface area contributed by atoms with Crippen molar-refractivity contribution in [2.75, 3.05) is 23.7 Å². The van der Waals surface area contributed by atoms with E-state index in [0.717, 1.165) is 24.1 Å². The molecule has 6 heteroatoms. The Morgan fingerprint density at radius 2 is 1.86 bits per heavy atom. The molecule has 0 unspecified atom stereocenters. The van der Waals surface area contributed by atoms with Crippen molar-refractivity contribution in [1.82, 2.24) is 4.90 Å². The number of carbonyl (C=O) groups is 3. The lowest BCUT2D eigenvalue weighted by atomic mass is 9.99. The zero-order valence-electron chi connectivity index (χ0n) is 12.4. The lowest BCUT2D eigenvalue weighted by Crippen LogP contribution is -2.39. The molecular formula is C16H19N3O3. The van der Waals surface area contributed by atoms with Crippen LogP contribution in [0.2, 0.25) is 0 Å². The van der Waals surface area contributed by atoms with Crippen LogP contribution in [0.4, 0.5) is 11.4 Å². The van der Waals surface area contributed by atoms with Gasteiger partial charge in [0.2, 0.25) is 17.7 Å². The molecule has 2 N–H and O–H groups in total. The smallest absolute Gasteiger partial charge is 0.229 e. The number of likely N-dealkylation sites (tertiary alicyclic amines) is 1. The number of anilines is 2. The van der Waals surface area contributed by atoms with E-state index in [1.165, 1.54) is 4.90 Å². The highest BCUT2D eigenvalue weighted by Crippen LogP contribution is 2.31. The lowest BCUT2D eigenvalue weighted by Gasteiger charge is -2.30. The summed E-state index contributed by atoms with van der Waals surface area (Å²) < 4.78 is 0.